The highest BCUT2D eigenvalue weighted by molar-refractivity contribution is 5.19. The van der Waals surface area contributed by atoms with Crippen molar-refractivity contribution >= 4 is 0 Å². The van der Waals surface area contributed by atoms with Gasteiger partial charge in [-0.05, 0) is 46.8 Å². The SMILES string of the molecule is C/C=C(\C=C(/[O-])OC)N1[C@H](C)CC[C@H]1C. The molecule has 0 aromatic heterocycles. The summed E-state index contributed by atoms with van der Waals surface area (Å²) in [5.74, 6) is -0.283. The Morgan fingerprint density at radius 1 is 1.33 bits per heavy atom. The molecule has 0 aliphatic carbocycles. The third-order valence-electron chi connectivity index (χ3n) is 3.01. The molecular weight excluding hydrogens is 190 g/mol. The summed E-state index contributed by atoms with van der Waals surface area (Å²) < 4.78 is 4.65. The Morgan fingerprint density at radius 2 is 1.87 bits per heavy atom. The van der Waals surface area contributed by atoms with Crippen molar-refractivity contribution in [2.24, 2.45) is 0 Å². The summed E-state index contributed by atoms with van der Waals surface area (Å²) >= 11 is 0. The Balaban J connectivity index is 2.83. The normalized spacial score (nSPS) is 28.4. The van der Waals surface area contributed by atoms with Gasteiger partial charge in [-0.15, -0.1) is 0 Å². The van der Waals surface area contributed by atoms with Gasteiger partial charge in [0.2, 0.25) is 0 Å². The van der Waals surface area contributed by atoms with Crippen molar-refractivity contribution in [1.29, 1.82) is 0 Å². The minimum Gasteiger partial charge on any atom is -0.616 e. The molecule has 86 valence electrons. The predicted molar refractivity (Wildman–Crippen MR) is 58.8 cm³/mol. The minimum atomic E-state index is -0.283. The fraction of sp³-hybridized carbons (Fsp3) is 0.667. The van der Waals surface area contributed by atoms with E-state index in [4.69, 9.17) is 0 Å². The smallest absolute Gasteiger partial charge is 0.0530 e. The summed E-state index contributed by atoms with van der Waals surface area (Å²) in [5.41, 5.74) is 0.972. The fourth-order valence-corrected chi connectivity index (χ4v) is 2.19. The molecule has 0 saturated carbocycles. The third-order valence-corrected chi connectivity index (χ3v) is 3.01. The zero-order valence-corrected chi connectivity index (χ0v) is 9.99. The molecule has 0 N–H and O–H groups in total. The lowest BCUT2D eigenvalue weighted by molar-refractivity contribution is -0.353. The number of methoxy groups -OCH3 is 1. The van der Waals surface area contributed by atoms with Crippen molar-refractivity contribution in [1.82, 2.24) is 4.90 Å². The van der Waals surface area contributed by atoms with E-state index in [2.05, 4.69) is 23.5 Å². The van der Waals surface area contributed by atoms with Crippen LogP contribution in [0.25, 0.3) is 0 Å². The van der Waals surface area contributed by atoms with Crippen LogP contribution in [0.5, 0.6) is 0 Å². The summed E-state index contributed by atoms with van der Waals surface area (Å²) in [5, 5.41) is 11.2. The van der Waals surface area contributed by atoms with Gasteiger partial charge in [-0.25, -0.2) is 0 Å². The van der Waals surface area contributed by atoms with Gasteiger partial charge in [0.25, 0.3) is 0 Å². The van der Waals surface area contributed by atoms with Gasteiger partial charge >= 0.3 is 0 Å². The zero-order valence-electron chi connectivity index (χ0n) is 9.99. The second kappa shape index (κ2) is 5.10. The lowest BCUT2D eigenvalue weighted by atomic mass is 10.2. The Bertz CT molecular complexity index is 261. The number of ether oxygens (including phenoxy) is 1. The third kappa shape index (κ3) is 2.67. The highest BCUT2D eigenvalue weighted by atomic mass is 16.6. The molecule has 0 spiro atoms. The van der Waals surface area contributed by atoms with Gasteiger partial charge < -0.3 is 14.7 Å². The van der Waals surface area contributed by atoms with Gasteiger partial charge in [0.1, 0.15) is 0 Å². The molecule has 0 bridgehead atoms. The molecule has 1 fully saturated rings. The number of likely N-dealkylation sites (tertiary alicyclic amines) is 1. The van der Waals surface area contributed by atoms with Crippen molar-refractivity contribution in [3.05, 3.63) is 23.8 Å². The lowest BCUT2D eigenvalue weighted by Crippen LogP contribution is -2.31. The molecule has 2 atom stereocenters. The molecule has 0 aromatic rings. The maximum Gasteiger partial charge on any atom is 0.0530 e. The largest absolute Gasteiger partial charge is 0.616 e. The van der Waals surface area contributed by atoms with Crippen molar-refractivity contribution in [3.63, 3.8) is 0 Å². The van der Waals surface area contributed by atoms with Gasteiger partial charge in [0, 0.05) is 17.8 Å². The molecule has 1 aliphatic rings. The molecule has 1 heterocycles. The number of allylic oxidation sites excluding steroid dienone is 2. The first-order valence-corrected chi connectivity index (χ1v) is 5.47. The summed E-state index contributed by atoms with van der Waals surface area (Å²) in [6.45, 7) is 6.34. The fourth-order valence-electron chi connectivity index (χ4n) is 2.19. The van der Waals surface area contributed by atoms with Crippen molar-refractivity contribution < 1.29 is 9.84 Å². The van der Waals surface area contributed by atoms with Gasteiger partial charge in [-0.3, -0.25) is 0 Å². The van der Waals surface area contributed by atoms with Crippen molar-refractivity contribution in [2.45, 2.75) is 45.7 Å². The Kier molecular flexibility index (Phi) is 4.06. The molecule has 3 heteroatoms. The second-order valence-electron chi connectivity index (χ2n) is 4.06. The molecule has 1 aliphatic heterocycles. The van der Waals surface area contributed by atoms with Crippen molar-refractivity contribution in [3.8, 4) is 0 Å². The maximum atomic E-state index is 11.2. The first-order chi connectivity index (χ1) is 7.10. The molecule has 0 aromatic carbocycles. The standard InChI is InChI=1S/C12H21NO2/c1-5-11(8-12(14)15-4)13-9(2)6-7-10(13)3/h5,8-10,14H,6-7H2,1-4H3/p-1/b11-5+,12-8+/t9-,10-/m1/s1. The van der Waals surface area contributed by atoms with Crippen LogP contribution < -0.4 is 5.11 Å². The minimum absolute atomic E-state index is 0.283. The molecule has 0 radical (unpaired) electrons. The molecule has 1 rings (SSSR count). The summed E-state index contributed by atoms with van der Waals surface area (Å²) in [6.07, 6.45) is 5.91. The molecule has 0 unspecified atom stereocenters. The quantitative estimate of drug-likeness (QED) is 0.524. The number of rotatable bonds is 3. The molecule has 0 amide bonds. The summed E-state index contributed by atoms with van der Waals surface area (Å²) in [4.78, 5) is 2.29. The highest BCUT2D eigenvalue weighted by Gasteiger charge is 2.27. The maximum absolute atomic E-state index is 11.2. The van der Waals surface area contributed by atoms with E-state index in [1.165, 1.54) is 20.0 Å². The van der Waals surface area contributed by atoms with Crippen LogP contribution in [-0.2, 0) is 4.74 Å². The van der Waals surface area contributed by atoms with Crippen LogP contribution in [0.4, 0.5) is 0 Å². The topological polar surface area (TPSA) is 35.5 Å². The second-order valence-corrected chi connectivity index (χ2v) is 4.06. The van der Waals surface area contributed by atoms with Crippen LogP contribution in [-0.4, -0.2) is 24.1 Å². The van der Waals surface area contributed by atoms with E-state index in [-0.39, 0.29) is 5.95 Å². The van der Waals surface area contributed by atoms with Gasteiger partial charge in [-0.1, -0.05) is 6.08 Å². The number of hydrogen-bond donors (Lipinski definition) is 0. The average molecular weight is 210 g/mol. The average Bonchev–Trinajstić information content (AvgIpc) is 2.55. The summed E-state index contributed by atoms with van der Waals surface area (Å²) in [6, 6.07) is 1.01. The van der Waals surface area contributed by atoms with Crippen LogP contribution >= 0.6 is 0 Å². The molecular formula is C12H20NO2-. The Labute approximate surface area is 92.0 Å². The van der Waals surface area contributed by atoms with E-state index < -0.39 is 0 Å². The summed E-state index contributed by atoms with van der Waals surface area (Å²) in [7, 11) is 1.41. The van der Waals surface area contributed by atoms with Crippen LogP contribution in [0.1, 0.15) is 33.6 Å². The molecule has 15 heavy (non-hydrogen) atoms. The van der Waals surface area contributed by atoms with E-state index >= 15 is 0 Å². The molecule has 1 saturated heterocycles. The Hall–Kier alpha value is -1.12. The monoisotopic (exact) mass is 210 g/mol. The van der Waals surface area contributed by atoms with Crippen LogP contribution in [0.3, 0.4) is 0 Å². The first-order valence-electron chi connectivity index (χ1n) is 5.47. The van der Waals surface area contributed by atoms with Crippen LogP contribution in [0.15, 0.2) is 23.8 Å². The van der Waals surface area contributed by atoms with Crippen LogP contribution in [0, 0.1) is 0 Å². The Morgan fingerprint density at radius 3 is 2.27 bits per heavy atom. The van der Waals surface area contributed by atoms with E-state index in [1.807, 2.05) is 13.0 Å². The number of nitrogens with zero attached hydrogens (tertiary/aromatic N) is 1. The van der Waals surface area contributed by atoms with Gasteiger partial charge in [0.05, 0.1) is 5.95 Å². The lowest BCUT2D eigenvalue weighted by Gasteiger charge is -2.30. The van der Waals surface area contributed by atoms with Crippen LogP contribution in [0.2, 0.25) is 0 Å². The zero-order chi connectivity index (χ0) is 11.4. The van der Waals surface area contributed by atoms with E-state index in [0.29, 0.717) is 12.1 Å². The number of hydrogen-bond acceptors (Lipinski definition) is 3. The van der Waals surface area contributed by atoms with Crippen molar-refractivity contribution in [2.75, 3.05) is 7.11 Å². The van der Waals surface area contributed by atoms with E-state index in [0.717, 1.165) is 5.70 Å². The highest BCUT2D eigenvalue weighted by Crippen LogP contribution is 2.28. The van der Waals surface area contributed by atoms with Gasteiger partial charge in [-0.2, -0.15) is 0 Å². The van der Waals surface area contributed by atoms with Gasteiger partial charge in [0.15, 0.2) is 0 Å². The first kappa shape index (κ1) is 12.0. The molecule has 3 nitrogen and oxygen atoms in total. The van der Waals surface area contributed by atoms with E-state index in [1.54, 1.807) is 6.08 Å². The predicted octanol–water partition coefficient (Wildman–Crippen LogP) is 1.61. The van der Waals surface area contributed by atoms with E-state index in [9.17, 15) is 5.11 Å².